The third-order valence-corrected chi connectivity index (χ3v) is 2.88. The largest absolute Gasteiger partial charge is 0.292 e. The van der Waals surface area contributed by atoms with Crippen molar-refractivity contribution >= 4 is 40.6 Å². The summed E-state index contributed by atoms with van der Waals surface area (Å²) in [5.74, 6) is -0.147. The molecular formula is C11H7Cl3N2O. The van der Waals surface area contributed by atoms with E-state index in [0.717, 1.165) is 0 Å². The fraction of sp³-hybridized carbons (Fsp3) is 0.0909. The van der Waals surface area contributed by atoms with Gasteiger partial charge in [-0.25, -0.2) is 0 Å². The summed E-state index contributed by atoms with van der Waals surface area (Å²) in [6.45, 7) is 0.0913. The van der Waals surface area contributed by atoms with Crippen LogP contribution in [0.15, 0.2) is 30.6 Å². The van der Waals surface area contributed by atoms with Crippen LogP contribution < -0.4 is 0 Å². The van der Waals surface area contributed by atoms with Crippen LogP contribution in [0, 0.1) is 0 Å². The molecule has 0 atom stereocenters. The summed E-state index contributed by atoms with van der Waals surface area (Å²) in [4.78, 5) is 11.9. The minimum absolute atomic E-state index is 0.0913. The molecule has 0 saturated heterocycles. The number of aromatic nitrogens is 2. The van der Waals surface area contributed by atoms with E-state index in [1.807, 2.05) is 0 Å². The minimum Gasteiger partial charge on any atom is -0.292 e. The van der Waals surface area contributed by atoms with E-state index in [2.05, 4.69) is 5.10 Å². The van der Waals surface area contributed by atoms with Crippen LogP contribution in [0.4, 0.5) is 0 Å². The van der Waals surface area contributed by atoms with Gasteiger partial charge in [-0.2, -0.15) is 5.10 Å². The van der Waals surface area contributed by atoms with Gasteiger partial charge in [0.25, 0.3) is 0 Å². The molecule has 2 rings (SSSR count). The zero-order valence-electron chi connectivity index (χ0n) is 8.53. The molecule has 1 aromatic carbocycles. The smallest absolute Gasteiger partial charge is 0.185 e. The number of halogens is 3. The molecule has 0 aliphatic heterocycles. The first-order valence-corrected chi connectivity index (χ1v) is 5.86. The molecule has 0 spiro atoms. The molecule has 0 saturated carbocycles. The number of nitrogens with zero attached hydrogens (tertiary/aromatic N) is 2. The molecule has 17 heavy (non-hydrogen) atoms. The number of rotatable bonds is 3. The molecular weight excluding hydrogens is 282 g/mol. The molecule has 1 heterocycles. The normalized spacial score (nSPS) is 10.5. The Hall–Kier alpha value is -1.03. The second kappa shape index (κ2) is 5.08. The molecule has 0 radical (unpaired) electrons. The molecule has 0 N–H and O–H groups in total. The van der Waals surface area contributed by atoms with Crippen molar-refractivity contribution in [3.63, 3.8) is 0 Å². The molecule has 0 fully saturated rings. The average molecular weight is 290 g/mol. The Morgan fingerprint density at radius 3 is 2.59 bits per heavy atom. The van der Waals surface area contributed by atoms with Gasteiger partial charge in [0.15, 0.2) is 5.78 Å². The van der Waals surface area contributed by atoms with Gasteiger partial charge in [-0.05, 0) is 18.2 Å². The first kappa shape index (κ1) is 12.4. The van der Waals surface area contributed by atoms with E-state index in [-0.39, 0.29) is 12.3 Å². The van der Waals surface area contributed by atoms with Gasteiger partial charge < -0.3 is 0 Å². The molecule has 0 unspecified atom stereocenters. The lowest BCUT2D eigenvalue weighted by atomic mass is 10.1. The number of ketones is 1. The molecule has 0 amide bonds. The monoisotopic (exact) mass is 288 g/mol. The highest BCUT2D eigenvalue weighted by molar-refractivity contribution is 6.36. The van der Waals surface area contributed by atoms with E-state index in [1.165, 1.54) is 16.9 Å². The van der Waals surface area contributed by atoms with Crippen molar-refractivity contribution in [2.75, 3.05) is 0 Å². The second-order valence-electron chi connectivity index (χ2n) is 3.40. The first-order valence-electron chi connectivity index (χ1n) is 4.72. The predicted octanol–water partition coefficient (Wildman–Crippen LogP) is 3.73. The average Bonchev–Trinajstić information content (AvgIpc) is 2.63. The van der Waals surface area contributed by atoms with Crippen LogP contribution in [0.5, 0.6) is 0 Å². The topological polar surface area (TPSA) is 34.9 Å². The number of Topliss-reactive ketones (excluding diaryl/α,β-unsaturated/α-hetero) is 1. The van der Waals surface area contributed by atoms with Gasteiger partial charge in [0.1, 0.15) is 6.54 Å². The van der Waals surface area contributed by atoms with E-state index in [9.17, 15) is 4.79 Å². The summed E-state index contributed by atoms with van der Waals surface area (Å²) in [5, 5.41) is 5.24. The number of benzene rings is 1. The van der Waals surface area contributed by atoms with Crippen LogP contribution in [0.1, 0.15) is 10.4 Å². The van der Waals surface area contributed by atoms with E-state index in [1.54, 1.807) is 18.3 Å². The quantitative estimate of drug-likeness (QED) is 0.807. The van der Waals surface area contributed by atoms with Crippen molar-refractivity contribution in [1.29, 1.82) is 0 Å². The summed E-state index contributed by atoms with van der Waals surface area (Å²) in [5.41, 5.74) is 0.419. The lowest BCUT2D eigenvalue weighted by Gasteiger charge is -2.04. The molecule has 0 aliphatic carbocycles. The Morgan fingerprint density at radius 1 is 1.24 bits per heavy atom. The summed E-state index contributed by atoms with van der Waals surface area (Å²) in [6, 6.07) is 4.75. The van der Waals surface area contributed by atoms with Gasteiger partial charge in [0, 0.05) is 16.8 Å². The summed E-state index contributed by atoms with van der Waals surface area (Å²) >= 11 is 17.4. The van der Waals surface area contributed by atoms with E-state index < -0.39 is 0 Å². The Morgan fingerprint density at radius 2 is 2.00 bits per heavy atom. The van der Waals surface area contributed by atoms with E-state index in [0.29, 0.717) is 20.6 Å². The molecule has 1 aromatic heterocycles. The van der Waals surface area contributed by atoms with Crippen LogP contribution in [0.25, 0.3) is 0 Å². The lowest BCUT2D eigenvalue weighted by Crippen LogP contribution is -2.11. The van der Waals surface area contributed by atoms with Gasteiger partial charge in [-0.3, -0.25) is 9.48 Å². The van der Waals surface area contributed by atoms with Crippen molar-refractivity contribution in [2.24, 2.45) is 0 Å². The van der Waals surface area contributed by atoms with Gasteiger partial charge in [0.2, 0.25) is 0 Å². The zero-order valence-corrected chi connectivity index (χ0v) is 10.8. The van der Waals surface area contributed by atoms with Crippen LogP contribution in [-0.2, 0) is 6.54 Å². The van der Waals surface area contributed by atoms with Crippen LogP contribution >= 0.6 is 34.8 Å². The van der Waals surface area contributed by atoms with Crippen molar-refractivity contribution < 1.29 is 4.79 Å². The second-order valence-corrected chi connectivity index (χ2v) is 4.68. The van der Waals surface area contributed by atoms with Gasteiger partial charge >= 0.3 is 0 Å². The maximum absolute atomic E-state index is 11.9. The maximum atomic E-state index is 11.9. The van der Waals surface area contributed by atoms with Crippen LogP contribution in [-0.4, -0.2) is 15.6 Å². The molecule has 6 heteroatoms. The Bertz CT molecular complexity index is 566. The highest BCUT2D eigenvalue weighted by atomic mass is 35.5. The van der Waals surface area contributed by atoms with Crippen LogP contribution in [0.3, 0.4) is 0 Å². The SMILES string of the molecule is O=C(Cn1cc(Cl)cn1)c1ccc(Cl)cc1Cl. The number of carbonyl (C=O) groups excluding carboxylic acids is 1. The Labute approximate surface area is 113 Å². The van der Waals surface area contributed by atoms with Crippen molar-refractivity contribution in [2.45, 2.75) is 6.54 Å². The highest BCUT2D eigenvalue weighted by Gasteiger charge is 2.11. The first-order chi connectivity index (χ1) is 8.06. The molecule has 0 bridgehead atoms. The molecule has 0 aliphatic rings. The van der Waals surface area contributed by atoms with E-state index >= 15 is 0 Å². The number of hydrogen-bond donors (Lipinski definition) is 0. The maximum Gasteiger partial charge on any atom is 0.185 e. The standard InChI is InChI=1S/C11H7Cl3N2O/c12-7-1-2-9(10(14)3-7)11(17)6-16-5-8(13)4-15-16/h1-5H,6H2. The molecule has 88 valence electrons. The zero-order chi connectivity index (χ0) is 12.4. The highest BCUT2D eigenvalue weighted by Crippen LogP contribution is 2.21. The fourth-order valence-corrected chi connectivity index (χ4v) is 2.04. The van der Waals surface area contributed by atoms with Gasteiger partial charge in [-0.1, -0.05) is 34.8 Å². The molecule has 2 aromatic rings. The van der Waals surface area contributed by atoms with Gasteiger partial charge in [-0.15, -0.1) is 0 Å². The summed E-state index contributed by atoms with van der Waals surface area (Å²) in [7, 11) is 0. The summed E-state index contributed by atoms with van der Waals surface area (Å²) in [6.07, 6.45) is 3.04. The number of carbonyl (C=O) groups is 1. The lowest BCUT2D eigenvalue weighted by molar-refractivity contribution is 0.0968. The minimum atomic E-state index is -0.147. The predicted molar refractivity (Wildman–Crippen MR) is 68.0 cm³/mol. The van der Waals surface area contributed by atoms with Crippen molar-refractivity contribution in [3.8, 4) is 0 Å². The molecule has 3 nitrogen and oxygen atoms in total. The Balaban J connectivity index is 2.20. The van der Waals surface area contributed by atoms with E-state index in [4.69, 9.17) is 34.8 Å². The van der Waals surface area contributed by atoms with Crippen LogP contribution in [0.2, 0.25) is 15.1 Å². The number of hydrogen-bond acceptors (Lipinski definition) is 2. The third kappa shape index (κ3) is 3.00. The van der Waals surface area contributed by atoms with Gasteiger partial charge in [0.05, 0.1) is 16.2 Å². The third-order valence-electron chi connectivity index (χ3n) is 2.14. The summed E-state index contributed by atoms with van der Waals surface area (Å²) < 4.78 is 1.45. The Kier molecular flexibility index (Phi) is 3.72. The van der Waals surface area contributed by atoms with Crippen molar-refractivity contribution in [1.82, 2.24) is 9.78 Å². The fourth-order valence-electron chi connectivity index (χ4n) is 1.37. The van der Waals surface area contributed by atoms with Crippen molar-refractivity contribution in [3.05, 3.63) is 51.2 Å².